The standard InChI is InChI=1S/C10H14O3/c1-4-5-6-7-9(11)8(2)10(12)13-3/h4-7,9,11H,2H2,1,3H3/b5-4+,7-6+. The maximum absolute atomic E-state index is 10.9. The molecule has 0 radical (unpaired) electrons. The van der Waals surface area contributed by atoms with Crippen LogP contribution < -0.4 is 0 Å². The summed E-state index contributed by atoms with van der Waals surface area (Å²) in [7, 11) is 1.25. The Morgan fingerprint density at radius 2 is 2.15 bits per heavy atom. The molecule has 1 N–H and O–H groups in total. The molecule has 0 fully saturated rings. The lowest BCUT2D eigenvalue weighted by Gasteiger charge is -2.06. The van der Waals surface area contributed by atoms with Gasteiger partial charge in [0, 0.05) is 0 Å². The monoisotopic (exact) mass is 182 g/mol. The molecule has 0 aromatic heterocycles. The van der Waals surface area contributed by atoms with Crippen LogP contribution in [-0.2, 0) is 9.53 Å². The van der Waals surface area contributed by atoms with Gasteiger partial charge in [0.2, 0.25) is 0 Å². The number of aliphatic hydroxyl groups is 1. The van der Waals surface area contributed by atoms with Crippen molar-refractivity contribution in [1.29, 1.82) is 0 Å². The molecular formula is C10H14O3. The molecule has 0 spiro atoms. The van der Waals surface area contributed by atoms with Crippen molar-refractivity contribution in [3.63, 3.8) is 0 Å². The van der Waals surface area contributed by atoms with Crippen molar-refractivity contribution in [1.82, 2.24) is 0 Å². The second kappa shape index (κ2) is 6.20. The normalized spacial score (nSPS) is 13.5. The summed E-state index contributed by atoms with van der Waals surface area (Å²) in [5.41, 5.74) is 0.0308. The average molecular weight is 182 g/mol. The van der Waals surface area contributed by atoms with Crippen molar-refractivity contribution in [2.24, 2.45) is 0 Å². The van der Waals surface area contributed by atoms with E-state index < -0.39 is 12.1 Å². The molecule has 0 aliphatic carbocycles. The lowest BCUT2D eigenvalue weighted by molar-refractivity contribution is -0.136. The molecule has 0 amide bonds. The van der Waals surface area contributed by atoms with Crippen molar-refractivity contribution in [3.8, 4) is 0 Å². The minimum absolute atomic E-state index is 0.0308. The van der Waals surface area contributed by atoms with Gasteiger partial charge in [0.15, 0.2) is 0 Å². The molecule has 0 aliphatic heterocycles. The van der Waals surface area contributed by atoms with Crippen LogP contribution in [-0.4, -0.2) is 24.3 Å². The van der Waals surface area contributed by atoms with E-state index in [4.69, 9.17) is 0 Å². The first-order chi connectivity index (χ1) is 6.13. The van der Waals surface area contributed by atoms with E-state index in [9.17, 15) is 9.90 Å². The minimum Gasteiger partial charge on any atom is -0.466 e. The number of ether oxygens (including phenoxy) is 1. The van der Waals surface area contributed by atoms with Crippen molar-refractivity contribution < 1.29 is 14.6 Å². The third kappa shape index (κ3) is 4.28. The third-order valence-corrected chi connectivity index (χ3v) is 1.40. The Labute approximate surface area is 78.0 Å². The van der Waals surface area contributed by atoms with Crippen LogP contribution in [0.5, 0.6) is 0 Å². The Kier molecular flexibility index (Phi) is 5.55. The third-order valence-electron chi connectivity index (χ3n) is 1.40. The quantitative estimate of drug-likeness (QED) is 0.404. The highest BCUT2D eigenvalue weighted by Crippen LogP contribution is 2.03. The zero-order valence-corrected chi connectivity index (χ0v) is 7.86. The largest absolute Gasteiger partial charge is 0.466 e. The van der Waals surface area contributed by atoms with Gasteiger partial charge in [-0.3, -0.25) is 0 Å². The van der Waals surface area contributed by atoms with Gasteiger partial charge >= 0.3 is 5.97 Å². The first-order valence-electron chi connectivity index (χ1n) is 3.88. The van der Waals surface area contributed by atoms with Gasteiger partial charge in [0.1, 0.15) is 6.10 Å². The molecule has 0 aliphatic rings. The smallest absolute Gasteiger partial charge is 0.336 e. The van der Waals surface area contributed by atoms with E-state index in [-0.39, 0.29) is 5.57 Å². The Hall–Kier alpha value is -1.35. The second-order valence-corrected chi connectivity index (χ2v) is 2.37. The van der Waals surface area contributed by atoms with E-state index in [2.05, 4.69) is 11.3 Å². The molecule has 1 atom stereocenters. The van der Waals surface area contributed by atoms with Crippen LogP contribution >= 0.6 is 0 Å². The van der Waals surface area contributed by atoms with Gasteiger partial charge in [-0.25, -0.2) is 4.79 Å². The fourth-order valence-electron chi connectivity index (χ4n) is 0.649. The summed E-state index contributed by atoms with van der Waals surface area (Å²) in [6.45, 7) is 5.26. The van der Waals surface area contributed by atoms with E-state index in [0.29, 0.717) is 0 Å². The van der Waals surface area contributed by atoms with Crippen molar-refractivity contribution in [3.05, 3.63) is 36.5 Å². The first kappa shape index (κ1) is 11.6. The molecule has 0 rings (SSSR count). The lowest BCUT2D eigenvalue weighted by Crippen LogP contribution is -2.15. The van der Waals surface area contributed by atoms with Gasteiger partial charge in [-0.2, -0.15) is 0 Å². The topological polar surface area (TPSA) is 46.5 Å². The number of allylic oxidation sites excluding steroid dienone is 3. The van der Waals surface area contributed by atoms with E-state index >= 15 is 0 Å². The Bertz CT molecular complexity index is 239. The molecule has 3 nitrogen and oxygen atoms in total. The zero-order chi connectivity index (χ0) is 10.3. The van der Waals surface area contributed by atoms with Crippen LogP contribution in [0, 0.1) is 0 Å². The molecule has 13 heavy (non-hydrogen) atoms. The van der Waals surface area contributed by atoms with Crippen LogP contribution in [0.15, 0.2) is 36.5 Å². The number of aliphatic hydroxyl groups excluding tert-OH is 1. The maximum atomic E-state index is 10.9. The number of esters is 1. The van der Waals surface area contributed by atoms with Crippen LogP contribution in [0.3, 0.4) is 0 Å². The zero-order valence-electron chi connectivity index (χ0n) is 7.86. The predicted octanol–water partition coefficient (Wildman–Crippen LogP) is 1.21. The number of hydrogen-bond acceptors (Lipinski definition) is 3. The molecule has 0 saturated heterocycles. The van der Waals surface area contributed by atoms with Crippen LogP contribution in [0.2, 0.25) is 0 Å². The summed E-state index contributed by atoms with van der Waals surface area (Å²) in [6, 6.07) is 0. The van der Waals surface area contributed by atoms with Gasteiger partial charge in [-0.05, 0) is 6.92 Å². The summed E-state index contributed by atoms with van der Waals surface area (Å²) >= 11 is 0. The van der Waals surface area contributed by atoms with Crippen LogP contribution in [0.1, 0.15) is 6.92 Å². The van der Waals surface area contributed by atoms with Gasteiger partial charge in [-0.15, -0.1) is 0 Å². The van der Waals surface area contributed by atoms with Gasteiger partial charge < -0.3 is 9.84 Å². The Morgan fingerprint density at radius 1 is 1.54 bits per heavy atom. The summed E-state index contributed by atoms with van der Waals surface area (Å²) in [6.07, 6.45) is 5.67. The van der Waals surface area contributed by atoms with Crippen molar-refractivity contribution >= 4 is 5.97 Å². The summed E-state index contributed by atoms with van der Waals surface area (Å²) in [4.78, 5) is 10.9. The highest BCUT2D eigenvalue weighted by Gasteiger charge is 2.13. The summed E-state index contributed by atoms with van der Waals surface area (Å²) < 4.78 is 4.39. The molecule has 1 unspecified atom stereocenters. The molecule has 0 saturated carbocycles. The fraction of sp³-hybridized carbons (Fsp3) is 0.300. The number of rotatable bonds is 4. The predicted molar refractivity (Wildman–Crippen MR) is 51.1 cm³/mol. The highest BCUT2D eigenvalue weighted by molar-refractivity contribution is 5.89. The summed E-state index contributed by atoms with van der Waals surface area (Å²) in [5.74, 6) is -0.599. The molecular weight excluding hydrogens is 168 g/mol. The minimum atomic E-state index is -0.983. The first-order valence-corrected chi connectivity index (χ1v) is 3.88. The lowest BCUT2D eigenvalue weighted by atomic mass is 10.1. The summed E-state index contributed by atoms with van der Waals surface area (Å²) in [5, 5.41) is 9.32. The van der Waals surface area contributed by atoms with E-state index in [0.717, 1.165) is 0 Å². The second-order valence-electron chi connectivity index (χ2n) is 2.37. The number of carbonyl (C=O) groups is 1. The van der Waals surface area contributed by atoms with Crippen LogP contribution in [0.4, 0.5) is 0 Å². The van der Waals surface area contributed by atoms with Crippen molar-refractivity contribution in [2.75, 3.05) is 7.11 Å². The number of methoxy groups -OCH3 is 1. The van der Waals surface area contributed by atoms with Gasteiger partial charge in [-0.1, -0.05) is 30.9 Å². The molecule has 0 aromatic carbocycles. The number of carbonyl (C=O) groups excluding carboxylic acids is 1. The molecule has 0 aromatic rings. The van der Waals surface area contributed by atoms with Crippen LogP contribution in [0.25, 0.3) is 0 Å². The molecule has 0 heterocycles. The van der Waals surface area contributed by atoms with E-state index in [1.165, 1.54) is 13.2 Å². The average Bonchev–Trinajstić information content (AvgIpc) is 2.15. The highest BCUT2D eigenvalue weighted by atomic mass is 16.5. The SMILES string of the molecule is C=C(C(=O)OC)C(O)/C=C/C=C/C. The van der Waals surface area contributed by atoms with E-state index in [1.54, 1.807) is 12.2 Å². The fourth-order valence-corrected chi connectivity index (χ4v) is 0.649. The Balaban J connectivity index is 4.18. The van der Waals surface area contributed by atoms with E-state index in [1.807, 2.05) is 13.0 Å². The van der Waals surface area contributed by atoms with Gasteiger partial charge in [0.05, 0.1) is 12.7 Å². The molecule has 72 valence electrons. The van der Waals surface area contributed by atoms with Crippen molar-refractivity contribution in [2.45, 2.75) is 13.0 Å². The molecule has 0 bridgehead atoms. The Morgan fingerprint density at radius 3 is 2.62 bits per heavy atom. The molecule has 3 heteroatoms. The number of hydrogen-bond donors (Lipinski definition) is 1. The van der Waals surface area contributed by atoms with Gasteiger partial charge in [0.25, 0.3) is 0 Å². The maximum Gasteiger partial charge on any atom is 0.336 e.